The number of ether oxygens (including phenoxy) is 2. The molecule has 0 saturated carbocycles. The Labute approximate surface area is 153 Å². The second kappa shape index (κ2) is 7.72. The van der Waals surface area contributed by atoms with Crippen molar-refractivity contribution in [2.45, 2.75) is 10.6 Å². The Hall–Kier alpha value is -2.63. The molecular weight excluding hydrogens is 382 g/mol. The quantitative estimate of drug-likeness (QED) is 0.614. The first kappa shape index (κ1) is 18.2. The van der Waals surface area contributed by atoms with Crippen molar-refractivity contribution in [2.75, 3.05) is 13.3 Å². The van der Waals surface area contributed by atoms with Crippen LogP contribution in [0.1, 0.15) is 16.8 Å². The van der Waals surface area contributed by atoms with E-state index in [0.29, 0.717) is 11.5 Å². The zero-order chi connectivity index (χ0) is 18.6. The summed E-state index contributed by atoms with van der Waals surface area (Å²) in [6, 6.07) is 7.72. The zero-order valence-electron chi connectivity index (χ0n) is 13.4. The fourth-order valence-electron chi connectivity index (χ4n) is 2.09. The molecule has 0 bridgehead atoms. The second-order valence-electron chi connectivity index (χ2n) is 5.15. The van der Waals surface area contributed by atoms with Gasteiger partial charge in [0.25, 0.3) is 5.91 Å². The van der Waals surface area contributed by atoms with Gasteiger partial charge in [0.1, 0.15) is 4.21 Å². The third-order valence-corrected chi connectivity index (χ3v) is 6.21. The average molecular weight is 397 g/mol. The van der Waals surface area contributed by atoms with Gasteiger partial charge in [-0.1, -0.05) is 6.07 Å². The Balaban J connectivity index is 1.43. The van der Waals surface area contributed by atoms with Crippen molar-refractivity contribution < 1.29 is 27.5 Å². The molecule has 1 aliphatic rings. The molecule has 138 valence electrons. The number of nitrogens with one attached hydrogen (secondary N) is 3. The fourth-order valence-corrected chi connectivity index (χ4v) is 4.15. The van der Waals surface area contributed by atoms with Gasteiger partial charge in [0, 0.05) is 18.5 Å². The largest absolute Gasteiger partial charge is 0.454 e. The number of sulfonamides is 1. The van der Waals surface area contributed by atoms with Crippen LogP contribution < -0.4 is 25.0 Å². The van der Waals surface area contributed by atoms with Crippen molar-refractivity contribution in [3.63, 3.8) is 0 Å². The fraction of sp³-hybridized carbons (Fsp3) is 0.200. The molecular formula is C15H15N3O6S2. The highest BCUT2D eigenvalue weighted by atomic mass is 32.2. The van der Waals surface area contributed by atoms with Gasteiger partial charge in [0.05, 0.1) is 0 Å². The molecule has 0 atom stereocenters. The van der Waals surface area contributed by atoms with Crippen molar-refractivity contribution in [3.8, 4) is 11.5 Å². The number of hydrazine groups is 1. The standard InChI is InChI=1S/C15H15N3O6S2/c19-13(5-6-16-26(21,22)14-2-1-7-25-14)17-18-15(20)10-3-4-11-12(8-10)24-9-23-11/h1-4,7-8,16H,5-6,9H2,(H,17,19)(H,18,20). The van der Waals surface area contributed by atoms with E-state index in [-0.39, 0.29) is 29.5 Å². The summed E-state index contributed by atoms with van der Waals surface area (Å²) in [6.45, 7) is 0.00445. The van der Waals surface area contributed by atoms with Crippen molar-refractivity contribution in [3.05, 3.63) is 41.3 Å². The summed E-state index contributed by atoms with van der Waals surface area (Å²) in [5.74, 6) is -0.0700. The summed E-state index contributed by atoms with van der Waals surface area (Å²) >= 11 is 1.08. The summed E-state index contributed by atoms with van der Waals surface area (Å²) in [5.41, 5.74) is 4.77. The molecule has 1 aromatic heterocycles. The lowest BCUT2D eigenvalue weighted by molar-refractivity contribution is -0.121. The van der Waals surface area contributed by atoms with Gasteiger partial charge in [-0.2, -0.15) is 0 Å². The van der Waals surface area contributed by atoms with Gasteiger partial charge in [-0.05, 0) is 29.6 Å². The number of carbonyl (C=O) groups is 2. The highest BCUT2D eigenvalue weighted by Gasteiger charge is 2.17. The first-order valence-electron chi connectivity index (χ1n) is 7.48. The first-order chi connectivity index (χ1) is 12.5. The average Bonchev–Trinajstić information content (AvgIpc) is 3.30. The molecule has 2 aromatic rings. The SMILES string of the molecule is O=C(CCNS(=O)(=O)c1cccs1)NNC(=O)c1ccc2c(c1)OCO2. The van der Waals surface area contributed by atoms with Crippen molar-refractivity contribution in [2.24, 2.45) is 0 Å². The van der Waals surface area contributed by atoms with Crippen LogP contribution in [0.15, 0.2) is 39.9 Å². The minimum atomic E-state index is -3.62. The molecule has 1 aromatic carbocycles. The summed E-state index contributed by atoms with van der Waals surface area (Å²) in [7, 11) is -3.62. The Bertz CT molecular complexity index is 911. The maximum Gasteiger partial charge on any atom is 0.269 e. The van der Waals surface area contributed by atoms with Gasteiger partial charge in [-0.15, -0.1) is 11.3 Å². The molecule has 9 nitrogen and oxygen atoms in total. The molecule has 0 saturated heterocycles. The maximum atomic E-state index is 12.0. The molecule has 3 N–H and O–H groups in total. The van der Waals surface area contributed by atoms with Gasteiger partial charge in [0.15, 0.2) is 11.5 Å². The number of rotatable bonds is 6. The van der Waals surface area contributed by atoms with Gasteiger partial charge in [-0.25, -0.2) is 13.1 Å². The van der Waals surface area contributed by atoms with Crippen LogP contribution in [0.2, 0.25) is 0 Å². The molecule has 11 heteroatoms. The Morgan fingerprint density at radius 1 is 1.12 bits per heavy atom. The molecule has 0 unspecified atom stereocenters. The number of fused-ring (bicyclic) bond motifs is 1. The Morgan fingerprint density at radius 3 is 2.69 bits per heavy atom. The first-order valence-corrected chi connectivity index (χ1v) is 9.84. The highest BCUT2D eigenvalue weighted by molar-refractivity contribution is 7.91. The predicted molar refractivity (Wildman–Crippen MR) is 92.3 cm³/mol. The van der Waals surface area contributed by atoms with E-state index < -0.39 is 21.8 Å². The smallest absolute Gasteiger partial charge is 0.269 e. The molecule has 0 radical (unpaired) electrons. The van der Waals surface area contributed by atoms with Crippen LogP contribution in [0.5, 0.6) is 11.5 Å². The van der Waals surface area contributed by atoms with Crippen LogP contribution in [0.25, 0.3) is 0 Å². The van der Waals surface area contributed by atoms with Crippen LogP contribution in [-0.4, -0.2) is 33.6 Å². The van der Waals surface area contributed by atoms with E-state index in [2.05, 4.69) is 15.6 Å². The topological polar surface area (TPSA) is 123 Å². The molecule has 2 amide bonds. The normalized spacial score (nSPS) is 12.6. The number of carbonyl (C=O) groups excluding carboxylic acids is 2. The van der Waals surface area contributed by atoms with Crippen LogP contribution in [-0.2, 0) is 14.8 Å². The molecule has 0 spiro atoms. The molecule has 3 rings (SSSR count). The Kier molecular flexibility index (Phi) is 5.40. The number of benzene rings is 1. The van der Waals surface area contributed by atoms with E-state index in [1.807, 2.05) is 0 Å². The monoisotopic (exact) mass is 397 g/mol. The number of thiophene rings is 1. The molecule has 0 aliphatic carbocycles. The summed E-state index contributed by atoms with van der Waals surface area (Å²) in [6.07, 6.45) is -0.133. The summed E-state index contributed by atoms with van der Waals surface area (Å²) < 4.78 is 36.6. The molecule has 26 heavy (non-hydrogen) atoms. The number of hydrogen-bond acceptors (Lipinski definition) is 7. The summed E-state index contributed by atoms with van der Waals surface area (Å²) in [5, 5.41) is 1.65. The van der Waals surface area contributed by atoms with Gasteiger partial charge in [0.2, 0.25) is 22.7 Å². The van der Waals surface area contributed by atoms with Crippen LogP contribution >= 0.6 is 11.3 Å². The lowest BCUT2D eigenvalue weighted by atomic mass is 10.2. The lowest BCUT2D eigenvalue weighted by Crippen LogP contribution is -2.42. The Morgan fingerprint density at radius 2 is 1.92 bits per heavy atom. The van der Waals surface area contributed by atoms with Crippen LogP contribution in [0.4, 0.5) is 0 Å². The van der Waals surface area contributed by atoms with E-state index in [1.54, 1.807) is 17.5 Å². The maximum absolute atomic E-state index is 12.0. The third kappa shape index (κ3) is 4.31. The minimum absolute atomic E-state index is 0.0913. The van der Waals surface area contributed by atoms with E-state index in [4.69, 9.17) is 9.47 Å². The predicted octanol–water partition coefficient (Wildman–Crippen LogP) is 0.606. The van der Waals surface area contributed by atoms with Crippen molar-refractivity contribution in [1.82, 2.24) is 15.6 Å². The van der Waals surface area contributed by atoms with E-state index in [9.17, 15) is 18.0 Å². The van der Waals surface area contributed by atoms with E-state index in [0.717, 1.165) is 11.3 Å². The minimum Gasteiger partial charge on any atom is -0.454 e. The van der Waals surface area contributed by atoms with Crippen molar-refractivity contribution in [1.29, 1.82) is 0 Å². The van der Waals surface area contributed by atoms with Gasteiger partial charge < -0.3 is 9.47 Å². The second-order valence-corrected chi connectivity index (χ2v) is 8.09. The highest BCUT2D eigenvalue weighted by Crippen LogP contribution is 2.32. The van der Waals surface area contributed by atoms with Crippen molar-refractivity contribution >= 4 is 33.2 Å². The number of amides is 2. The number of hydrogen-bond donors (Lipinski definition) is 3. The van der Waals surface area contributed by atoms with E-state index in [1.165, 1.54) is 18.2 Å². The summed E-state index contributed by atoms with van der Waals surface area (Å²) in [4.78, 5) is 23.7. The van der Waals surface area contributed by atoms with Crippen LogP contribution in [0.3, 0.4) is 0 Å². The van der Waals surface area contributed by atoms with E-state index >= 15 is 0 Å². The van der Waals surface area contributed by atoms with Gasteiger partial charge in [-0.3, -0.25) is 20.4 Å². The van der Waals surface area contributed by atoms with Crippen LogP contribution in [0, 0.1) is 0 Å². The zero-order valence-corrected chi connectivity index (χ0v) is 15.0. The molecule has 2 heterocycles. The third-order valence-electron chi connectivity index (χ3n) is 3.35. The lowest BCUT2D eigenvalue weighted by Gasteiger charge is -2.08. The molecule has 0 fully saturated rings. The molecule has 1 aliphatic heterocycles. The van der Waals surface area contributed by atoms with Gasteiger partial charge >= 0.3 is 0 Å².